The molecule has 104 valence electrons. The van der Waals surface area contributed by atoms with E-state index < -0.39 is 11.9 Å². The molecule has 0 saturated heterocycles. The predicted octanol–water partition coefficient (Wildman–Crippen LogP) is 2.92. The highest BCUT2D eigenvalue weighted by atomic mass is 32.1. The normalized spacial score (nSPS) is 11.2. The van der Waals surface area contributed by atoms with Crippen molar-refractivity contribution in [3.8, 4) is 11.6 Å². The van der Waals surface area contributed by atoms with E-state index >= 15 is 0 Å². The molecule has 0 aliphatic heterocycles. The highest BCUT2D eigenvalue weighted by Crippen LogP contribution is 2.31. The SMILES string of the molecule is NC(=S)c1ccc(C(F)(F)F)nc1Oc1cccnc1. The van der Waals surface area contributed by atoms with Gasteiger partial charge in [-0.3, -0.25) is 4.98 Å². The Morgan fingerprint density at radius 3 is 2.55 bits per heavy atom. The Morgan fingerprint density at radius 2 is 2.00 bits per heavy atom. The topological polar surface area (TPSA) is 61.0 Å². The molecule has 0 spiro atoms. The molecule has 20 heavy (non-hydrogen) atoms. The summed E-state index contributed by atoms with van der Waals surface area (Å²) in [5.74, 6) is -0.0721. The molecule has 2 aromatic rings. The number of thiocarbonyl (C=S) groups is 1. The molecule has 8 heteroatoms. The molecule has 0 radical (unpaired) electrons. The van der Waals surface area contributed by atoms with Crippen LogP contribution in [-0.4, -0.2) is 15.0 Å². The highest BCUT2D eigenvalue weighted by Gasteiger charge is 2.33. The van der Waals surface area contributed by atoms with E-state index in [0.717, 1.165) is 12.1 Å². The standard InChI is InChI=1S/C12H8F3N3OS/c13-12(14,15)9-4-3-8(10(16)20)11(18-9)19-7-2-1-5-17-6-7/h1-6H,(H2,16,20). The van der Waals surface area contributed by atoms with Crippen LogP contribution in [0.1, 0.15) is 11.3 Å². The average Bonchev–Trinajstić information content (AvgIpc) is 2.38. The van der Waals surface area contributed by atoms with Gasteiger partial charge in [0.15, 0.2) is 0 Å². The molecular weight excluding hydrogens is 291 g/mol. The number of pyridine rings is 2. The summed E-state index contributed by atoms with van der Waals surface area (Å²) in [5, 5.41) is 0. The molecule has 0 bridgehead atoms. The second kappa shape index (κ2) is 5.41. The van der Waals surface area contributed by atoms with Crippen LogP contribution in [0.5, 0.6) is 11.6 Å². The summed E-state index contributed by atoms with van der Waals surface area (Å²) < 4.78 is 43.2. The third kappa shape index (κ3) is 3.21. The van der Waals surface area contributed by atoms with Gasteiger partial charge in [-0.1, -0.05) is 12.2 Å². The van der Waals surface area contributed by atoms with E-state index in [1.165, 1.54) is 18.5 Å². The van der Waals surface area contributed by atoms with Crippen LogP contribution in [0, 0.1) is 0 Å². The maximum Gasteiger partial charge on any atom is 0.433 e. The number of hydrogen-bond donors (Lipinski definition) is 1. The molecule has 0 aliphatic carbocycles. The number of nitrogens with zero attached hydrogens (tertiary/aromatic N) is 2. The summed E-state index contributed by atoms with van der Waals surface area (Å²) in [6, 6.07) is 5.02. The van der Waals surface area contributed by atoms with Gasteiger partial charge >= 0.3 is 6.18 Å². The van der Waals surface area contributed by atoms with E-state index in [9.17, 15) is 13.2 Å². The number of hydrogen-bond acceptors (Lipinski definition) is 4. The maximum atomic E-state index is 12.6. The minimum atomic E-state index is -4.58. The first-order valence-electron chi connectivity index (χ1n) is 5.34. The lowest BCUT2D eigenvalue weighted by molar-refractivity contribution is -0.141. The minimum Gasteiger partial charge on any atom is -0.437 e. The largest absolute Gasteiger partial charge is 0.437 e. The van der Waals surface area contributed by atoms with Crippen LogP contribution in [0.4, 0.5) is 13.2 Å². The number of aromatic nitrogens is 2. The maximum absolute atomic E-state index is 12.6. The van der Waals surface area contributed by atoms with Crippen LogP contribution in [0.3, 0.4) is 0 Å². The zero-order chi connectivity index (χ0) is 14.8. The van der Waals surface area contributed by atoms with E-state index in [2.05, 4.69) is 9.97 Å². The summed E-state index contributed by atoms with van der Waals surface area (Å²) in [4.78, 5) is 7.10. The number of halogens is 3. The van der Waals surface area contributed by atoms with Crippen molar-refractivity contribution in [1.29, 1.82) is 0 Å². The Bertz CT molecular complexity index is 632. The fourth-order valence-corrected chi connectivity index (χ4v) is 1.54. The Kier molecular flexibility index (Phi) is 3.84. The molecule has 0 saturated carbocycles. The zero-order valence-electron chi connectivity index (χ0n) is 9.89. The van der Waals surface area contributed by atoms with Crippen molar-refractivity contribution in [3.05, 3.63) is 47.9 Å². The van der Waals surface area contributed by atoms with Crippen LogP contribution in [0.25, 0.3) is 0 Å². The average molecular weight is 299 g/mol. The number of rotatable bonds is 3. The summed E-state index contributed by atoms with van der Waals surface area (Å²) in [6.45, 7) is 0. The predicted molar refractivity (Wildman–Crippen MR) is 69.4 cm³/mol. The Hall–Kier alpha value is -2.22. The quantitative estimate of drug-likeness (QED) is 0.883. The van der Waals surface area contributed by atoms with Gasteiger partial charge in [-0.25, -0.2) is 4.98 Å². The van der Waals surface area contributed by atoms with Gasteiger partial charge in [0.2, 0.25) is 5.88 Å². The third-order valence-corrected chi connectivity index (χ3v) is 2.49. The Morgan fingerprint density at radius 1 is 1.25 bits per heavy atom. The van der Waals surface area contributed by atoms with Gasteiger partial charge in [-0.2, -0.15) is 13.2 Å². The van der Waals surface area contributed by atoms with Gasteiger partial charge in [0.05, 0.1) is 11.8 Å². The second-order valence-electron chi connectivity index (χ2n) is 3.70. The van der Waals surface area contributed by atoms with Gasteiger partial charge in [0.25, 0.3) is 0 Å². The highest BCUT2D eigenvalue weighted by molar-refractivity contribution is 7.80. The Labute approximate surface area is 117 Å². The van der Waals surface area contributed by atoms with Crippen molar-refractivity contribution < 1.29 is 17.9 Å². The van der Waals surface area contributed by atoms with Crippen molar-refractivity contribution in [2.24, 2.45) is 5.73 Å². The van der Waals surface area contributed by atoms with Crippen LogP contribution in [0.15, 0.2) is 36.7 Å². The second-order valence-corrected chi connectivity index (χ2v) is 4.14. The molecule has 2 N–H and O–H groups in total. The van der Waals surface area contributed by atoms with E-state index in [0.29, 0.717) is 0 Å². The van der Waals surface area contributed by atoms with Gasteiger partial charge in [0, 0.05) is 6.20 Å². The molecule has 0 fully saturated rings. The summed E-state index contributed by atoms with van der Waals surface area (Å²) in [7, 11) is 0. The molecule has 2 rings (SSSR count). The Balaban J connectivity index is 2.45. The molecule has 2 aromatic heterocycles. The first-order valence-corrected chi connectivity index (χ1v) is 5.74. The van der Waals surface area contributed by atoms with E-state index in [1.54, 1.807) is 6.07 Å². The molecule has 4 nitrogen and oxygen atoms in total. The van der Waals surface area contributed by atoms with E-state index in [1.807, 2.05) is 0 Å². The van der Waals surface area contributed by atoms with Gasteiger partial charge in [-0.15, -0.1) is 0 Å². The summed E-state index contributed by atoms with van der Waals surface area (Å²) in [5.41, 5.74) is 4.48. The lowest BCUT2D eigenvalue weighted by Crippen LogP contribution is -2.15. The number of ether oxygens (including phenoxy) is 1. The number of nitrogens with two attached hydrogens (primary N) is 1. The van der Waals surface area contributed by atoms with Crippen LogP contribution in [0.2, 0.25) is 0 Å². The first-order chi connectivity index (χ1) is 9.38. The van der Waals surface area contributed by atoms with Crippen molar-refractivity contribution in [2.75, 3.05) is 0 Å². The minimum absolute atomic E-state index is 0.106. The van der Waals surface area contributed by atoms with Crippen molar-refractivity contribution in [2.45, 2.75) is 6.18 Å². The monoisotopic (exact) mass is 299 g/mol. The van der Waals surface area contributed by atoms with Crippen molar-refractivity contribution >= 4 is 17.2 Å². The first kappa shape index (κ1) is 14.2. The van der Waals surface area contributed by atoms with Crippen molar-refractivity contribution in [1.82, 2.24) is 9.97 Å². The number of alkyl halides is 3. The lowest BCUT2D eigenvalue weighted by Gasteiger charge is -2.12. The van der Waals surface area contributed by atoms with Crippen LogP contribution >= 0.6 is 12.2 Å². The molecule has 2 heterocycles. The van der Waals surface area contributed by atoms with Crippen LogP contribution < -0.4 is 10.5 Å². The van der Waals surface area contributed by atoms with E-state index in [-0.39, 0.29) is 22.2 Å². The molecule has 0 unspecified atom stereocenters. The van der Waals surface area contributed by atoms with Crippen LogP contribution in [-0.2, 0) is 6.18 Å². The van der Waals surface area contributed by atoms with Gasteiger partial charge in [0.1, 0.15) is 16.4 Å². The van der Waals surface area contributed by atoms with Crippen molar-refractivity contribution in [3.63, 3.8) is 0 Å². The molecular formula is C12H8F3N3OS. The smallest absolute Gasteiger partial charge is 0.433 e. The fraction of sp³-hybridized carbons (Fsp3) is 0.0833. The van der Waals surface area contributed by atoms with E-state index in [4.69, 9.17) is 22.7 Å². The molecule has 0 aliphatic rings. The lowest BCUT2D eigenvalue weighted by atomic mass is 10.2. The summed E-state index contributed by atoms with van der Waals surface area (Å²) >= 11 is 4.76. The third-order valence-electron chi connectivity index (χ3n) is 2.27. The van der Waals surface area contributed by atoms with Gasteiger partial charge in [-0.05, 0) is 24.3 Å². The fourth-order valence-electron chi connectivity index (χ4n) is 1.38. The zero-order valence-corrected chi connectivity index (χ0v) is 10.7. The summed E-state index contributed by atoms with van der Waals surface area (Å²) in [6.07, 6.45) is -1.74. The molecule has 0 atom stereocenters. The molecule has 0 amide bonds. The van der Waals surface area contributed by atoms with Gasteiger partial charge < -0.3 is 10.5 Å². The molecule has 0 aromatic carbocycles.